The van der Waals surface area contributed by atoms with Crippen LogP contribution in [0.25, 0.3) is 0 Å². The van der Waals surface area contributed by atoms with Gasteiger partial charge < -0.3 is 5.32 Å². The Bertz CT molecular complexity index is 645. The number of hydrogen-bond acceptors (Lipinski definition) is 5. The van der Waals surface area contributed by atoms with Crippen LogP contribution >= 0.6 is 12.4 Å². The maximum absolute atomic E-state index is 12.0. The van der Waals surface area contributed by atoms with E-state index < -0.39 is 20.0 Å². The van der Waals surface area contributed by atoms with Gasteiger partial charge in [-0.2, -0.15) is 0 Å². The molecule has 0 atom stereocenters. The zero-order valence-electron chi connectivity index (χ0n) is 12.5. The zero-order valence-corrected chi connectivity index (χ0v) is 14.9. The number of rotatable bonds is 9. The van der Waals surface area contributed by atoms with E-state index in [1.807, 2.05) is 6.92 Å². The highest BCUT2D eigenvalue weighted by atomic mass is 35.5. The summed E-state index contributed by atoms with van der Waals surface area (Å²) in [6.45, 7) is 3.68. The van der Waals surface area contributed by atoms with Gasteiger partial charge in [-0.3, -0.25) is 0 Å². The van der Waals surface area contributed by atoms with E-state index in [1.165, 1.54) is 31.3 Å². The highest BCUT2D eigenvalue weighted by molar-refractivity contribution is 7.90. The maximum Gasteiger partial charge on any atom is 0.240 e. The summed E-state index contributed by atoms with van der Waals surface area (Å²) in [5.74, 6) is 0. The molecule has 0 aliphatic rings. The van der Waals surface area contributed by atoms with Crippen LogP contribution in [0.4, 0.5) is 0 Å². The molecule has 0 aliphatic heterocycles. The fourth-order valence-electron chi connectivity index (χ4n) is 1.57. The number of benzene rings is 1. The van der Waals surface area contributed by atoms with Crippen LogP contribution in [0.2, 0.25) is 0 Å². The van der Waals surface area contributed by atoms with E-state index in [1.54, 1.807) is 0 Å². The summed E-state index contributed by atoms with van der Waals surface area (Å²) in [5.41, 5.74) is 0. The molecule has 0 amide bonds. The second-order valence-corrected chi connectivity index (χ2v) is 7.98. The smallest absolute Gasteiger partial charge is 0.240 e. The maximum atomic E-state index is 12.0. The molecule has 0 radical (unpaired) electrons. The molecule has 0 unspecified atom stereocenters. The summed E-state index contributed by atoms with van der Waals surface area (Å²) in [7, 11) is -5.89. The fourth-order valence-corrected chi connectivity index (χ4v) is 3.34. The van der Waals surface area contributed by atoms with Gasteiger partial charge in [0, 0.05) is 13.1 Å². The molecule has 1 aromatic carbocycles. The summed E-state index contributed by atoms with van der Waals surface area (Å²) >= 11 is 0. The third-order valence-corrected chi connectivity index (χ3v) is 5.64. The van der Waals surface area contributed by atoms with E-state index in [9.17, 15) is 16.8 Å². The van der Waals surface area contributed by atoms with Crippen LogP contribution in [0.3, 0.4) is 0 Å². The van der Waals surface area contributed by atoms with Gasteiger partial charge in [0.1, 0.15) is 0 Å². The number of halogens is 1. The standard InChI is InChI=1S/C12H21N3O4S2.ClH/c1-3-8-14-9-10-15-21(18,19)12-6-4-11(5-7-12)20(16,17)13-2;/h4-7,13-15H,3,8-10H2,1-2H3;1H. The Morgan fingerprint density at radius 3 is 1.82 bits per heavy atom. The van der Waals surface area contributed by atoms with Crippen molar-refractivity contribution in [1.29, 1.82) is 0 Å². The van der Waals surface area contributed by atoms with Crippen LogP contribution in [0.5, 0.6) is 0 Å². The molecule has 22 heavy (non-hydrogen) atoms. The predicted molar refractivity (Wildman–Crippen MR) is 88.3 cm³/mol. The highest BCUT2D eigenvalue weighted by Gasteiger charge is 2.16. The van der Waals surface area contributed by atoms with E-state index in [2.05, 4.69) is 14.8 Å². The molecule has 0 aliphatic carbocycles. The van der Waals surface area contributed by atoms with Crippen LogP contribution in [-0.2, 0) is 20.0 Å². The van der Waals surface area contributed by atoms with Crippen LogP contribution < -0.4 is 14.8 Å². The van der Waals surface area contributed by atoms with Gasteiger partial charge in [0.2, 0.25) is 20.0 Å². The number of hydrogen-bond donors (Lipinski definition) is 3. The van der Waals surface area contributed by atoms with E-state index in [4.69, 9.17) is 0 Å². The first kappa shape index (κ1) is 21.3. The third-order valence-electron chi connectivity index (χ3n) is 2.73. The average Bonchev–Trinajstić information content (AvgIpc) is 2.47. The van der Waals surface area contributed by atoms with Crippen molar-refractivity contribution in [3.63, 3.8) is 0 Å². The Labute approximate surface area is 138 Å². The van der Waals surface area contributed by atoms with E-state index in [0.717, 1.165) is 13.0 Å². The molecule has 7 nitrogen and oxygen atoms in total. The first-order valence-corrected chi connectivity index (χ1v) is 9.54. The van der Waals surface area contributed by atoms with Gasteiger partial charge in [0.15, 0.2) is 0 Å². The van der Waals surface area contributed by atoms with Gasteiger partial charge in [-0.15, -0.1) is 12.4 Å². The monoisotopic (exact) mass is 371 g/mol. The van der Waals surface area contributed by atoms with Gasteiger partial charge in [0.05, 0.1) is 9.79 Å². The lowest BCUT2D eigenvalue weighted by atomic mass is 10.4. The van der Waals surface area contributed by atoms with Crippen LogP contribution in [-0.4, -0.2) is 43.5 Å². The molecular formula is C12H22ClN3O4S2. The lowest BCUT2D eigenvalue weighted by Crippen LogP contribution is -2.32. The Morgan fingerprint density at radius 2 is 1.36 bits per heavy atom. The minimum Gasteiger partial charge on any atom is -0.315 e. The number of sulfonamides is 2. The molecule has 1 rings (SSSR count). The number of nitrogens with one attached hydrogen (secondary N) is 3. The quantitative estimate of drug-likeness (QED) is 0.541. The topological polar surface area (TPSA) is 104 Å². The second-order valence-electron chi connectivity index (χ2n) is 4.33. The molecule has 0 fully saturated rings. The highest BCUT2D eigenvalue weighted by Crippen LogP contribution is 2.13. The second kappa shape index (κ2) is 9.43. The molecule has 128 valence electrons. The molecule has 0 saturated carbocycles. The lowest BCUT2D eigenvalue weighted by molar-refractivity contribution is 0.574. The summed E-state index contributed by atoms with van der Waals surface area (Å²) < 4.78 is 51.7. The van der Waals surface area contributed by atoms with Crippen molar-refractivity contribution in [3.05, 3.63) is 24.3 Å². The lowest BCUT2D eigenvalue weighted by Gasteiger charge is -2.08. The van der Waals surface area contributed by atoms with Crippen molar-refractivity contribution in [2.75, 3.05) is 26.7 Å². The zero-order chi connectivity index (χ0) is 15.9. The van der Waals surface area contributed by atoms with Crippen LogP contribution in [0, 0.1) is 0 Å². The SMILES string of the molecule is CCCNCCNS(=O)(=O)c1ccc(S(=O)(=O)NC)cc1.Cl. The Kier molecular flexibility index (Phi) is 9.13. The van der Waals surface area contributed by atoms with Crippen molar-refractivity contribution in [2.45, 2.75) is 23.1 Å². The van der Waals surface area contributed by atoms with Crippen molar-refractivity contribution >= 4 is 32.5 Å². The normalized spacial score (nSPS) is 11.9. The molecular weight excluding hydrogens is 350 g/mol. The predicted octanol–water partition coefficient (Wildman–Crippen LogP) is 0.294. The van der Waals surface area contributed by atoms with E-state index in [0.29, 0.717) is 6.54 Å². The van der Waals surface area contributed by atoms with Gasteiger partial charge in [-0.25, -0.2) is 26.3 Å². The van der Waals surface area contributed by atoms with E-state index in [-0.39, 0.29) is 28.7 Å². The molecule has 0 saturated heterocycles. The molecule has 1 aromatic rings. The Hall–Kier alpha value is -0.710. The summed E-state index contributed by atoms with van der Waals surface area (Å²) in [6.07, 6.45) is 0.980. The van der Waals surface area contributed by atoms with Gasteiger partial charge in [-0.05, 0) is 44.3 Å². The van der Waals surface area contributed by atoms with Gasteiger partial charge in [0.25, 0.3) is 0 Å². The van der Waals surface area contributed by atoms with Crippen molar-refractivity contribution < 1.29 is 16.8 Å². The van der Waals surface area contributed by atoms with Gasteiger partial charge >= 0.3 is 0 Å². The summed E-state index contributed by atoms with van der Waals surface area (Å²) in [4.78, 5) is 0.0570. The third kappa shape index (κ3) is 6.19. The van der Waals surface area contributed by atoms with Crippen molar-refractivity contribution in [2.24, 2.45) is 0 Å². The average molecular weight is 372 g/mol. The first-order chi connectivity index (χ1) is 9.83. The molecule has 0 aromatic heterocycles. The van der Waals surface area contributed by atoms with Crippen LogP contribution in [0.15, 0.2) is 34.1 Å². The van der Waals surface area contributed by atoms with Crippen molar-refractivity contribution in [1.82, 2.24) is 14.8 Å². The molecule has 3 N–H and O–H groups in total. The molecule has 0 bridgehead atoms. The largest absolute Gasteiger partial charge is 0.315 e. The Morgan fingerprint density at radius 1 is 0.864 bits per heavy atom. The Balaban J connectivity index is 0.00000441. The van der Waals surface area contributed by atoms with Crippen molar-refractivity contribution in [3.8, 4) is 0 Å². The molecule has 0 heterocycles. The molecule has 10 heteroatoms. The van der Waals surface area contributed by atoms with Gasteiger partial charge in [-0.1, -0.05) is 6.92 Å². The summed E-state index contributed by atoms with van der Waals surface area (Å²) in [6, 6.07) is 5.06. The summed E-state index contributed by atoms with van der Waals surface area (Å²) in [5, 5.41) is 3.08. The van der Waals surface area contributed by atoms with E-state index >= 15 is 0 Å². The minimum absolute atomic E-state index is 0. The fraction of sp³-hybridized carbons (Fsp3) is 0.500. The van der Waals surface area contributed by atoms with Crippen LogP contribution in [0.1, 0.15) is 13.3 Å². The minimum atomic E-state index is -3.62. The first-order valence-electron chi connectivity index (χ1n) is 6.57. The molecule has 0 spiro atoms.